The van der Waals surface area contributed by atoms with Crippen LogP contribution in [0.3, 0.4) is 0 Å². The molecular weight excluding hydrogens is 255 g/mol. The normalized spacial score (nSPS) is 11.8. The van der Waals surface area contributed by atoms with Gasteiger partial charge in [-0.2, -0.15) is 18.3 Å². The van der Waals surface area contributed by atoms with Crippen LogP contribution in [0.4, 0.5) is 13.2 Å². The summed E-state index contributed by atoms with van der Waals surface area (Å²) in [7, 11) is 0. The Labute approximate surface area is 108 Å². The van der Waals surface area contributed by atoms with Crippen LogP contribution in [0.15, 0.2) is 30.3 Å². The largest absolute Gasteiger partial charge is 0.433 e. The number of hydrogen-bond donors (Lipinski definition) is 2. The van der Waals surface area contributed by atoms with Gasteiger partial charge in [-0.15, -0.1) is 0 Å². The van der Waals surface area contributed by atoms with Crippen molar-refractivity contribution >= 4 is 0 Å². The zero-order valence-corrected chi connectivity index (χ0v) is 10.2. The minimum absolute atomic E-state index is 0.184. The van der Waals surface area contributed by atoms with Gasteiger partial charge in [0.1, 0.15) is 5.69 Å². The van der Waals surface area contributed by atoms with Gasteiger partial charge in [-0.05, 0) is 19.4 Å². The van der Waals surface area contributed by atoms with Crippen molar-refractivity contribution < 1.29 is 13.2 Å². The number of nitrogens with one attached hydrogen (secondary N) is 1. The van der Waals surface area contributed by atoms with Gasteiger partial charge in [-0.3, -0.25) is 5.10 Å². The van der Waals surface area contributed by atoms with Crippen molar-refractivity contribution in [3.8, 4) is 11.3 Å². The van der Waals surface area contributed by atoms with Crippen LogP contribution in [0.2, 0.25) is 0 Å². The Morgan fingerprint density at radius 2 is 1.84 bits per heavy atom. The third-order valence-corrected chi connectivity index (χ3v) is 2.83. The summed E-state index contributed by atoms with van der Waals surface area (Å²) < 4.78 is 38.7. The Morgan fingerprint density at radius 3 is 2.42 bits per heavy atom. The van der Waals surface area contributed by atoms with Crippen LogP contribution in [0, 0.1) is 0 Å². The number of nitrogens with zero attached hydrogens (tertiary/aromatic N) is 1. The van der Waals surface area contributed by atoms with Crippen molar-refractivity contribution in [1.82, 2.24) is 10.2 Å². The van der Waals surface area contributed by atoms with Crippen molar-refractivity contribution in [1.29, 1.82) is 0 Å². The zero-order valence-electron chi connectivity index (χ0n) is 10.2. The summed E-state index contributed by atoms with van der Waals surface area (Å²) in [5.41, 5.74) is 5.80. The number of alkyl halides is 3. The molecule has 102 valence electrons. The second-order valence-corrected chi connectivity index (χ2v) is 4.18. The van der Waals surface area contributed by atoms with Crippen molar-refractivity contribution in [3.63, 3.8) is 0 Å². The highest BCUT2D eigenvalue weighted by Crippen LogP contribution is 2.35. The molecule has 0 atom stereocenters. The van der Waals surface area contributed by atoms with E-state index in [1.807, 2.05) is 0 Å². The Morgan fingerprint density at radius 1 is 1.16 bits per heavy atom. The maximum Gasteiger partial charge on any atom is 0.433 e. The molecule has 0 aliphatic carbocycles. The summed E-state index contributed by atoms with van der Waals surface area (Å²) >= 11 is 0. The number of aromatic nitrogens is 2. The second-order valence-electron chi connectivity index (χ2n) is 4.18. The highest BCUT2D eigenvalue weighted by Gasteiger charge is 2.37. The SMILES string of the molecule is NCCCc1c(-c2ccccc2)n[nH]c1C(F)(F)F. The summed E-state index contributed by atoms with van der Waals surface area (Å²) in [5.74, 6) is 0. The monoisotopic (exact) mass is 269 g/mol. The van der Waals surface area contributed by atoms with Gasteiger partial charge in [0.15, 0.2) is 0 Å². The fourth-order valence-electron chi connectivity index (χ4n) is 1.96. The van der Waals surface area contributed by atoms with Crippen molar-refractivity contribution in [2.24, 2.45) is 5.73 Å². The number of aromatic amines is 1. The quantitative estimate of drug-likeness (QED) is 0.896. The van der Waals surface area contributed by atoms with Crippen LogP contribution in [-0.4, -0.2) is 16.7 Å². The van der Waals surface area contributed by atoms with E-state index < -0.39 is 11.9 Å². The summed E-state index contributed by atoms with van der Waals surface area (Å²) in [6.45, 7) is 0.344. The highest BCUT2D eigenvalue weighted by molar-refractivity contribution is 5.64. The molecule has 0 spiro atoms. The second kappa shape index (κ2) is 5.44. The first-order chi connectivity index (χ1) is 9.04. The van der Waals surface area contributed by atoms with E-state index in [1.165, 1.54) is 0 Å². The van der Waals surface area contributed by atoms with Crippen molar-refractivity contribution in [3.05, 3.63) is 41.6 Å². The fraction of sp³-hybridized carbons (Fsp3) is 0.308. The molecule has 0 aliphatic rings. The molecule has 2 aromatic rings. The molecule has 6 heteroatoms. The topological polar surface area (TPSA) is 54.7 Å². The van der Waals surface area contributed by atoms with Crippen LogP contribution in [0.25, 0.3) is 11.3 Å². The van der Waals surface area contributed by atoms with Gasteiger partial charge in [-0.25, -0.2) is 0 Å². The predicted octanol–water partition coefficient (Wildman–Crippen LogP) is 2.99. The first-order valence-corrected chi connectivity index (χ1v) is 5.94. The van der Waals surface area contributed by atoms with Gasteiger partial charge in [-0.1, -0.05) is 30.3 Å². The van der Waals surface area contributed by atoms with Gasteiger partial charge >= 0.3 is 6.18 Å². The number of rotatable bonds is 4. The lowest BCUT2D eigenvalue weighted by molar-refractivity contribution is -0.141. The smallest absolute Gasteiger partial charge is 0.330 e. The Balaban J connectivity index is 2.47. The van der Waals surface area contributed by atoms with Crippen molar-refractivity contribution in [2.75, 3.05) is 6.54 Å². The van der Waals surface area contributed by atoms with E-state index >= 15 is 0 Å². The van der Waals surface area contributed by atoms with E-state index in [0.717, 1.165) is 0 Å². The standard InChI is InChI=1S/C13H14F3N3/c14-13(15,16)12-10(7-4-8-17)11(18-19-12)9-5-2-1-3-6-9/h1-3,5-6H,4,7-8,17H2,(H,18,19). The van der Waals surface area contributed by atoms with Gasteiger partial charge in [0.25, 0.3) is 0 Å². The lowest BCUT2D eigenvalue weighted by Crippen LogP contribution is -2.10. The summed E-state index contributed by atoms with van der Waals surface area (Å²) in [5, 5.41) is 5.93. The molecule has 0 unspecified atom stereocenters. The van der Waals surface area contributed by atoms with Gasteiger partial charge < -0.3 is 5.73 Å². The highest BCUT2D eigenvalue weighted by atomic mass is 19.4. The first-order valence-electron chi connectivity index (χ1n) is 5.94. The van der Waals surface area contributed by atoms with E-state index in [2.05, 4.69) is 10.2 Å². The molecule has 0 saturated heterocycles. The maximum atomic E-state index is 12.9. The van der Waals surface area contributed by atoms with E-state index in [-0.39, 0.29) is 12.0 Å². The summed E-state index contributed by atoms with van der Waals surface area (Å²) in [6.07, 6.45) is -3.68. The molecular formula is C13H14F3N3. The third-order valence-electron chi connectivity index (χ3n) is 2.83. The molecule has 3 N–H and O–H groups in total. The molecule has 3 nitrogen and oxygen atoms in total. The lowest BCUT2D eigenvalue weighted by Gasteiger charge is -2.08. The Bertz CT molecular complexity index is 532. The molecule has 0 bridgehead atoms. The maximum absolute atomic E-state index is 12.9. The minimum Gasteiger partial charge on any atom is -0.330 e. The Kier molecular flexibility index (Phi) is 3.90. The van der Waals surface area contributed by atoms with Crippen LogP contribution >= 0.6 is 0 Å². The molecule has 0 aliphatic heterocycles. The number of halogens is 3. The molecule has 0 amide bonds. The van der Waals surface area contributed by atoms with Crippen molar-refractivity contribution in [2.45, 2.75) is 19.0 Å². The number of benzene rings is 1. The Hall–Kier alpha value is -1.82. The van der Waals surface area contributed by atoms with E-state index in [9.17, 15) is 13.2 Å². The molecule has 1 heterocycles. The average Bonchev–Trinajstić information content (AvgIpc) is 2.81. The minimum atomic E-state index is -4.43. The molecule has 19 heavy (non-hydrogen) atoms. The number of hydrogen-bond acceptors (Lipinski definition) is 2. The lowest BCUT2D eigenvalue weighted by atomic mass is 10.0. The molecule has 2 rings (SSSR count). The van der Waals surface area contributed by atoms with E-state index in [1.54, 1.807) is 30.3 Å². The molecule has 0 saturated carbocycles. The first kappa shape index (κ1) is 13.6. The van der Waals surface area contributed by atoms with Crippen LogP contribution in [0.1, 0.15) is 17.7 Å². The zero-order chi connectivity index (χ0) is 13.9. The van der Waals surface area contributed by atoms with E-state index in [4.69, 9.17) is 5.73 Å². The van der Waals surface area contributed by atoms with Gasteiger partial charge in [0.2, 0.25) is 0 Å². The van der Waals surface area contributed by atoms with Gasteiger partial charge in [0, 0.05) is 11.1 Å². The molecule has 1 aromatic carbocycles. The molecule has 0 fully saturated rings. The average molecular weight is 269 g/mol. The third kappa shape index (κ3) is 2.96. The predicted molar refractivity (Wildman–Crippen MR) is 66.4 cm³/mol. The van der Waals surface area contributed by atoms with E-state index in [0.29, 0.717) is 24.2 Å². The van der Waals surface area contributed by atoms with Gasteiger partial charge in [0.05, 0.1) is 5.69 Å². The van der Waals surface area contributed by atoms with Crippen LogP contribution in [0.5, 0.6) is 0 Å². The van der Waals surface area contributed by atoms with Crippen LogP contribution < -0.4 is 5.73 Å². The fourth-order valence-corrected chi connectivity index (χ4v) is 1.96. The summed E-state index contributed by atoms with van der Waals surface area (Å²) in [6, 6.07) is 8.82. The molecule has 1 aromatic heterocycles. The van der Waals surface area contributed by atoms with Crippen LogP contribution in [-0.2, 0) is 12.6 Å². The molecule has 0 radical (unpaired) electrons. The number of H-pyrrole nitrogens is 1. The summed E-state index contributed by atoms with van der Waals surface area (Å²) in [4.78, 5) is 0. The number of nitrogens with two attached hydrogens (primary N) is 1.